The van der Waals surface area contributed by atoms with Crippen LogP contribution in [-0.2, 0) is 4.79 Å². The summed E-state index contributed by atoms with van der Waals surface area (Å²) in [5, 5.41) is 8.77. The number of amides is 1. The van der Waals surface area contributed by atoms with Gasteiger partial charge in [-0.05, 0) is 75.1 Å². The Morgan fingerprint density at radius 3 is 2.79 bits per heavy atom. The second-order valence-electron chi connectivity index (χ2n) is 7.35. The zero-order chi connectivity index (χ0) is 16.8. The van der Waals surface area contributed by atoms with Gasteiger partial charge < -0.3 is 10.6 Å². The van der Waals surface area contributed by atoms with Crippen LogP contribution in [0.1, 0.15) is 49.9 Å². The van der Waals surface area contributed by atoms with E-state index in [2.05, 4.69) is 40.0 Å². The summed E-state index contributed by atoms with van der Waals surface area (Å²) in [4.78, 5) is 16.4. The molecule has 134 valence electrons. The van der Waals surface area contributed by atoms with E-state index >= 15 is 0 Å². The molecule has 0 aromatic carbocycles. The summed E-state index contributed by atoms with van der Waals surface area (Å²) in [6.07, 6.45) is 5.65. The first kappa shape index (κ1) is 17.9. The van der Waals surface area contributed by atoms with E-state index in [0.717, 1.165) is 32.7 Å². The number of carbonyl (C=O) groups is 1. The van der Waals surface area contributed by atoms with Gasteiger partial charge in [0.25, 0.3) is 0 Å². The van der Waals surface area contributed by atoms with Crippen LogP contribution in [0.2, 0.25) is 0 Å². The highest BCUT2D eigenvalue weighted by Crippen LogP contribution is 2.28. The van der Waals surface area contributed by atoms with Crippen molar-refractivity contribution < 1.29 is 4.79 Å². The van der Waals surface area contributed by atoms with Gasteiger partial charge in [-0.3, -0.25) is 9.69 Å². The standard InChI is InChI=1S/C19H31N3OS/c1-15(16-6-8-20-9-7-16)13-19(23)21-14-17(18-5-4-12-24-18)22-10-2-3-11-22/h4-5,12,15-17,20H,2-3,6-11,13-14H2,1H3,(H,21,23). The topological polar surface area (TPSA) is 44.4 Å². The first-order chi connectivity index (χ1) is 11.7. The minimum absolute atomic E-state index is 0.224. The van der Waals surface area contributed by atoms with Crippen molar-refractivity contribution in [1.29, 1.82) is 0 Å². The van der Waals surface area contributed by atoms with E-state index in [1.165, 1.54) is 30.6 Å². The van der Waals surface area contributed by atoms with Gasteiger partial charge in [0.1, 0.15) is 0 Å². The SMILES string of the molecule is CC(CC(=O)NCC(c1cccs1)N1CCCC1)C1CCNCC1. The van der Waals surface area contributed by atoms with Crippen LogP contribution < -0.4 is 10.6 Å². The summed E-state index contributed by atoms with van der Waals surface area (Å²) in [6, 6.07) is 4.67. The highest BCUT2D eigenvalue weighted by atomic mass is 32.1. The lowest BCUT2D eigenvalue weighted by atomic mass is 9.84. The average Bonchev–Trinajstić information content (AvgIpc) is 3.30. The van der Waals surface area contributed by atoms with Gasteiger partial charge in [0.2, 0.25) is 5.91 Å². The van der Waals surface area contributed by atoms with Crippen molar-refractivity contribution in [1.82, 2.24) is 15.5 Å². The molecule has 0 spiro atoms. The molecule has 2 aliphatic heterocycles. The summed E-state index contributed by atoms with van der Waals surface area (Å²) in [6.45, 7) is 7.51. The Morgan fingerprint density at radius 1 is 1.38 bits per heavy atom. The highest BCUT2D eigenvalue weighted by molar-refractivity contribution is 7.10. The Kier molecular flexibility index (Phi) is 6.69. The molecule has 1 amide bonds. The quantitative estimate of drug-likeness (QED) is 0.795. The summed E-state index contributed by atoms with van der Waals surface area (Å²) < 4.78 is 0. The molecule has 3 heterocycles. The maximum Gasteiger partial charge on any atom is 0.220 e. The Labute approximate surface area is 150 Å². The smallest absolute Gasteiger partial charge is 0.220 e. The number of hydrogen-bond donors (Lipinski definition) is 2. The van der Waals surface area contributed by atoms with E-state index in [1.54, 1.807) is 11.3 Å². The Bertz CT molecular complexity index is 493. The fraction of sp³-hybridized carbons (Fsp3) is 0.737. The third kappa shape index (κ3) is 4.80. The van der Waals surface area contributed by atoms with Gasteiger partial charge in [0.05, 0.1) is 6.04 Å². The predicted octanol–water partition coefficient (Wildman–Crippen LogP) is 3.03. The molecule has 2 N–H and O–H groups in total. The molecule has 0 saturated carbocycles. The molecule has 1 aromatic rings. The van der Waals surface area contributed by atoms with Crippen LogP contribution in [0.4, 0.5) is 0 Å². The van der Waals surface area contributed by atoms with Gasteiger partial charge in [-0.2, -0.15) is 0 Å². The zero-order valence-electron chi connectivity index (χ0n) is 14.8. The van der Waals surface area contributed by atoms with E-state index in [0.29, 0.717) is 24.3 Å². The summed E-state index contributed by atoms with van der Waals surface area (Å²) >= 11 is 1.81. The van der Waals surface area contributed by atoms with Crippen LogP contribution in [0, 0.1) is 11.8 Å². The molecule has 24 heavy (non-hydrogen) atoms. The zero-order valence-corrected chi connectivity index (χ0v) is 15.6. The second-order valence-corrected chi connectivity index (χ2v) is 8.33. The van der Waals surface area contributed by atoms with Crippen molar-refractivity contribution in [2.24, 2.45) is 11.8 Å². The minimum Gasteiger partial charge on any atom is -0.354 e. The van der Waals surface area contributed by atoms with Gasteiger partial charge >= 0.3 is 0 Å². The van der Waals surface area contributed by atoms with Gasteiger partial charge in [-0.15, -0.1) is 11.3 Å². The molecular formula is C19H31N3OS. The molecule has 1 aromatic heterocycles. The largest absolute Gasteiger partial charge is 0.354 e. The fourth-order valence-corrected chi connectivity index (χ4v) is 4.96. The minimum atomic E-state index is 0.224. The van der Waals surface area contributed by atoms with E-state index < -0.39 is 0 Å². The average molecular weight is 350 g/mol. The fourth-order valence-electron chi connectivity index (χ4n) is 4.10. The van der Waals surface area contributed by atoms with Crippen molar-refractivity contribution in [2.75, 3.05) is 32.7 Å². The van der Waals surface area contributed by atoms with E-state index in [4.69, 9.17) is 0 Å². The monoisotopic (exact) mass is 349 g/mol. The lowest BCUT2D eigenvalue weighted by Crippen LogP contribution is -2.38. The number of rotatable bonds is 7. The number of nitrogens with one attached hydrogen (secondary N) is 2. The molecule has 2 saturated heterocycles. The van der Waals surface area contributed by atoms with E-state index in [1.807, 2.05) is 0 Å². The van der Waals surface area contributed by atoms with Crippen LogP contribution >= 0.6 is 11.3 Å². The number of nitrogens with zero attached hydrogens (tertiary/aromatic N) is 1. The highest BCUT2D eigenvalue weighted by Gasteiger charge is 2.26. The van der Waals surface area contributed by atoms with Gasteiger partial charge in [0, 0.05) is 17.8 Å². The van der Waals surface area contributed by atoms with Crippen molar-refractivity contribution >= 4 is 17.2 Å². The van der Waals surface area contributed by atoms with Crippen LogP contribution in [0.25, 0.3) is 0 Å². The molecule has 0 aliphatic carbocycles. The third-order valence-electron chi connectivity index (χ3n) is 5.64. The van der Waals surface area contributed by atoms with Crippen LogP contribution in [0.5, 0.6) is 0 Å². The summed E-state index contributed by atoms with van der Waals surface area (Å²) in [7, 11) is 0. The molecule has 2 fully saturated rings. The Morgan fingerprint density at radius 2 is 2.12 bits per heavy atom. The molecule has 0 bridgehead atoms. The van der Waals surface area contributed by atoms with Crippen molar-refractivity contribution in [2.45, 2.75) is 45.1 Å². The number of likely N-dealkylation sites (tertiary alicyclic amines) is 1. The van der Waals surface area contributed by atoms with Gasteiger partial charge in [-0.25, -0.2) is 0 Å². The lowest BCUT2D eigenvalue weighted by molar-refractivity contribution is -0.122. The second kappa shape index (κ2) is 8.97. The number of thiophene rings is 1. The molecule has 2 unspecified atom stereocenters. The van der Waals surface area contributed by atoms with Crippen LogP contribution in [0.15, 0.2) is 17.5 Å². The Balaban J connectivity index is 1.49. The van der Waals surface area contributed by atoms with Gasteiger partial charge in [0.15, 0.2) is 0 Å². The molecule has 5 heteroatoms. The number of hydrogen-bond acceptors (Lipinski definition) is 4. The molecule has 2 aliphatic rings. The number of piperidine rings is 1. The predicted molar refractivity (Wildman–Crippen MR) is 100 cm³/mol. The first-order valence-corrected chi connectivity index (χ1v) is 10.4. The Hall–Kier alpha value is -0.910. The van der Waals surface area contributed by atoms with Crippen molar-refractivity contribution in [3.05, 3.63) is 22.4 Å². The summed E-state index contributed by atoms with van der Waals surface area (Å²) in [5.74, 6) is 1.41. The molecular weight excluding hydrogens is 318 g/mol. The maximum atomic E-state index is 12.4. The molecule has 2 atom stereocenters. The first-order valence-electron chi connectivity index (χ1n) is 9.49. The molecule has 4 nitrogen and oxygen atoms in total. The van der Waals surface area contributed by atoms with Crippen LogP contribution in [0.3, 0.4) is 0 Å². The molecule has 0 radical (unpaired) electrons. The van der Waals surface area contributed by atoms with E-state index in [9.17, 15) is 4.79 Å². The lowest BCUT2D eigenvalue weighted by Gasteiger charge is -2.29. The van der Waals surface area contributed by atoms with Crippen molar-refractivity contribution in [3.8, 4) is 0 Å². The van der Waals surface area contributed by atoms with Crippen LogP contribution in [-0.4, -0.2) is 43.5 Å². The van der Waals surface area contributed by atoms with Gasteiger partial charge in [-0.1, -0.05) is 13.0 Å². The number of carbonyl (C=O) groups excluding carboxylic acids is 1. The maximum absolute atomic E-state index is 12.4. The third-order valence-corrected chi connectivity index (χ3v) is 6.62. The van der Waals surface area contributed by atoms with Crippen molar-refractivity contribution in [3.63, 3.8) is 0 Å². The summed E-state index contributed by atoms with van der Waals surface area (Å²) in [5.41, 5.74) is 0. The van der Waals surface area contributed by atoms with E-state index in [-0.39, 0.29) is 5.91 Å². The normalized spacial score (nSPS) is 22.4. The molecule has 3 rings (SSSR count).